The lowest BCUT2D eigenvalue weighted by Gasteiger charge is -2.13. The Balaban J connectivity index is 2.46. The Morgan fingerprint density at radius 2 is 1.69 bits per heavy atom. The van der Waals surface area contributed by atoms with Gasteiger partial charge in [0.15, 0.2) is 0 Å². The number of carbonyl (C=O) groups excluding carboxylic acids is 2. The summed E-state index contributed by atoms with van der Waals surface area (Å²) in [6.45, 7) is 9.64. The molecule has 2 N–H and O–H groups in total. The predicted molar refractivity (Wildman–Crippen MR) is 115 cm³/mol. The Kier molecular flexibility index (Phi) is 7.56. The van der Waals surface area contributed by atoms with Crippen LogP contribution in [0.5, 0.6) is 0 Å². The van der Waals surface area contributed by atoms with E-state index in [1.807, 2.05) is 31.2 Å². The predicted octanol–water partition coefficient (Wildman–Crippen LogP) is 5.22. The lowest BCUT2D eigenvalue weighted by molar-refractivity contribution is -0.138. The van der Waals surface area contributed by atoms with Crippen LogP contribution in [0.4, 0.5) is 5.00 Å². The van der Waals surface area contributed by atoms with Crippen LogP contribution in [-0.2, 0) is 14.3 Å². The summed E-state index contributed by atoms with van der Waals surface area (Å²) in [5.41, 5.74) is 3.09. The van der Waals surface area contributed by atoms with E-state index in [2.05, 4.69) is 19.2 Å². The van der Waals surface area contributed by atoms with Gasteiger partial charge in [0.05, 0.1) is 12.5 Å². The van der Waals surface area contributed by atoms with Crippen LogP contribution in [0.2, 0.25) is 0 Å². The number of thiophene rings is 1. The number of benzene rings is 1. The van der Waals surface area contributed by atoms with Gasteiger partial charge in [0.25, 0.3) is 0 Å². The van der Waals surface area contributed by atoms with Crippen molar-refractivity contribution < 1.29 is 24.2 Å². The van der Waals surface area contributed by atoms with Crippen molar-refractivity contribution in [2.75, 3.05) is 5.32 Å². The Morgan fingerprint density at radius 1 is 1.07 bits per heavy atom. The number of carboxylic acids is 1. The third-order valence-corrected chi connectivity index (χ3v) is 5.34. The number of carbonyl (C=O) groups is 3. The van der Waals surface area contributed by atoms with Crippen molar-refractivity contribution in [1.29, 1.82) is 0 Å². The van der Waals surface area contributed by atoms with Crippen molar-refractivity contribution >= 4 is 34.2 Å². The molecule has 6 nitrogen and oxygen atoms in total. The fourth-order valence-corrected chi connectivity index (χ4v) is 3.97. The van der Waals surface area contributed by atoms with Gasteiger partial charge in [0, 0.05) is 16.9 Å². The highest BCUT2D eigenvalue weighted by atomic mass is 32.1. The zero-order valence-electron chi connectivity index (χ0n) is 17.4. The second-order valence-electron chi connectivity index (χ2n) is 7.41. The fraction of sp³-hybridized carbons (Fsp3) is 0.409. The number of amides is 1. The van der Waals surface area contributed by atoms with Gasteiger partial charge in [0.1, 0.15) is 10.6 Å². The molecule has 0 spiro atoms. The van der Waals surface area contributed by atoms with Crippen molar-refractivity contribution in [3.05, 3.63) is 40.3 Å². The fourth-order valence-electron chi connectivity index (χ4n) is 2.89. The van der Waals surface area contributed by atoms with Crippen LogP contribution in [0.15, 0.2) is 24.3 Å². The highest BCUT2D eigenvalue weighted by Gasteiger charge is 2.26. The number of rotatable bonds is 8. The molecule has 1 aromatic carbocycles. The van der Waals surface area contributed by atoms with Gasteiger partial charge in [-0.15, -0.1) is 11.3 Å². The number of carboxylic acid groups (broad SMARTS) is 1. The number of ether oxygens (including phenoxy) is 1. The molecule has 2 aromatic rings. The standard InChI is InChI=1S/C22H27NO5S/c1-12(2)15-6-8-16(9-7-15)19-14(5)29-21(20(19)22(27)28-13(3)4)23-17(24)10-11-18(25)26/h6-9,12-13H,10-11H2,1-5H3,(H,23,24)(H,25,26). The van der Waals surface area contributed by atoms with Crippen LogP contribution in [0.1, 0.15) is 67.3 Å². The van der Waals surface area contributed by atoms with Crippen molar-refractivity contribution in [2.24, 2.45) is 0 Å². The first-order valence-electron chi connectivity index (χ1n) is 9.56. The molecule has 2 rings (SSSR count). The Bertz CT molecular complexity index is 897. The average molecular weight is 418 g/mol. The summed E-state index contributed by atoms with van der Waals surface area (Å²) in [6, 6.07) is 7.98. The number of aryl methyl sites for hydroxylation is 1. The van der Waals surface area contributed by atoms with Crippen molar-refractivity contribution in [3.8, 4) is 11.1 Å². The van der Waals surface area contributed by atoms with Gasteiger partial charge < -0.3 is 15.2 Å². The molecule has 0 radical (unpaired) electrons. The van der Waals surface area contributed by atoms with E-state index in [0.29, 0.717) is 16.5 Å². The number of esters is 1. The topological polar surface area (TPSA) is 92.7 Å². The molecular formula is C22H27NO5S. The van der Waals surface area contributed by atoms with E-state index in [-0.39, 0.29) is 18.9 Å². The molecule has 7 heteroatoms. The summed E-state index contributed by atoms with van der Waals surface area (Å²) in [5, 5.41) is 11.9. The molecule has 1 aromatic heterocycles. The van der Waals surface area contributed by atoms with Crippen LogP contribution in [0.3, 0.4) is 0 Å². The molecule has 0 aliphatic carbocycles. The molecule has 0 aliphatic rings. The first-order valence-corrected chi connectivity index (χ1v) is 10.4. The quantitative estimate of drug-likeness (QED) is 0.575. The molecule has 0 aliphatic heterocycles. The number of hydrogen-bond acceptors (Lipinski definition) is 5. The van der Waals surface area contributed by atoms with E-state index in [9.17, 15) is 14.4 Å². The third-order valence-electron chi connectivity index (χ3n) is 4.32. The van der Waals surface area contributed by atoms with Gasteiger partial charge in [-0.25, -0.2) is 4.79 Å². The van der Waals surface area contributed by atoms with Crippen molar-refractivity contribution in [1.82, 2.24) is 0 Å². The molecule has 1 amide bonds. The minimum Gasteiger partial charge on any atom is -0.481 e. The molecule has 29 heavy (non-hydrogen) atoms. The summed E-state index contributed by atoms with van der Waals surface area (Å²) in [5.74, 6) is -1.62. The third kappa shape index (κ3) is 5.90. The number of nitrogens with one attached hydrogen (secondary N) is 1. The maximum atomic E-state index is 12.8. The summed E-state index contributed by atoms with van der Waals surface area (Å²) >= 11 is 1.28. The van der Waals surface area contributed by atoms with Gasteiger partial charge in [-0.2, -0.15) is 0 Å². The molecule has 156 valence electrons. The SMILES string of the molecule is Cc1sc(NC(=O)CCC(=O)O)c(C(=O)OC(C)C)c1-c1ccc(C(C)C)cc1. The maximum Gasteiger partial charge on any atom is 0.342 e. The van der Waals surface area contributed by atoms with E-state index in [1.165, 1.54) is 16.9 Å². The van der Waals surface area contributed by atoms with E-state index in [4.69, 9.17) is 9.84 Å². The Labute approximate surface area is 174 Å². The van der Waals surface area contributed by atoms with Crippen LogP contribution >= 0.6 is 11.3 Å². The minimum absolute atomic E-state index is 0.163. The second-order valence-corrected chi connectivity index (χ2v) is 8.63. The monoisotopic (exact) mass is 417 g/mol. The lowest BCUT2D eigenvalue weighted by atomic mass is 9.97. The molecule has 0 saturated carbocycles. The highest BCUT2D eigenvalue weighted by Crippen LogP contribution is 2.41. The van der Waals surface area contributed by atoms with Crippen molar-refractivity contribution in [2.45, 2.75) is 59.5 Å². The Hall–Kier alpha value is -2.67. The zero-order valence-corrected chi connectivity index (χ0v) is 18.2. The largest absolute Gasteiger partial charge is 0.481 e. The first-order chi connectivity index (χ1) is 13.6. The highest BCUT2D eigenvalue weighted by molar-refractivity contribution is 7.17. The number of hydrogen-bond donors (Lipinski definition) is 2. The maximum absolute atomic E-state index is 12.8. The first kappa shape index (κ1) is 22.6. The van der Waals surface area contributed by atoms with E-state index >= 15 is 0 Å². The lowest BCUT2D eigenvalue weighted by Crippen LogP contribution is -2.17. The molecule has 0 saturated heterocycles. The summed E-state index contributed by atoms with van der Waals surface area (Å²) in [6.07, 6.45) is -0.746. The Morgan fingerprint density at radius 3 is 2.21 bits per heavy atom. The van der Waals surface area contributed by atoms with E-state index in [0.717, 1.165) is 16.0 Å². The van der Waals surface area contributed by atoms with Gasteiger partial charge in [-0.3, -0.25) is 9.59 Å². The molecular weight excluding hydrogens is 390 g/mol. The number of anilines is 1. The smallest absolute Gasteiger partial charge is 0.342 e. The van der Waals surface area contributed by atoms with E-state index < -0.39 is 17.8 Å². The average Bonchev–Trinajstić information content (AvgIpc) is 2.95. The van der Waals surface area contributed by atoms with Crippen LogP contribution in [-0.4, -0.2) is 29.1 Å². The molecule has 0 bridgehead atoms. The van der Waals surface area contributed by atoms with Crippen LogP contribution in [0.25, 0.3) is 11.1 Å². The van der Waals surface area contributed by atoms with Crippen LogP contribution < -0.4 is 5.32 Å². The normalized spacial score (nSPS) is 11.0. The zero-order chi connectivity index (χ0) is 21.7. The van der Waals surface area contributed by atoms with Gasteiger partial charge in [-0.1, -0.05) is 38.1 Å². The van der Waals surface area contributed by atoms with Crippen LogP contribution in [0, 0.1) is 6.92 Å². The summed E-state index contributed by atoms with van der Waals surface area (Å²) in [7, 11) is 0. The second kappa shape index (κ2) is 9.69. The molecule has 0 unspecified atom stereocenters. The summed E-state index contributed by atoms with van der Waals surface area (Å²) < 4.78 is 5.42. The van der Waals surface area contributed by atoms with Gasteiger partial charge >= 0.3 is 11.9 Å². The van der Waals surface area contributed by atoms with Gasteiger partial charge in [0.2, 0.25) is 5.91 Å². The van der Waals surface area contributed by atoms with E-state index in [1.54, 1.807) is 13.8 Å². The number of aliphatic carboxylic acids is 1. The minimum atomic E-state index is -1.05. The van der Waals surface area contributed by atoms with Crippen molar-refractivity contribution in [3.63, 3.8) is 0 Å². The van der Waals surface area contributed by atoms with Gasteiger partial charge in [-0.05, 0) is 37.8 Å². The molecule has 0 fully saturated rings. The molecule has 0 atom stereocenters. The summed E-state index contributed by atoms with van der Waals surface area (Å²) in [4.78, 5) is 36.6. The molecule has 1 heterocycles.